The molecule has 0 aromatic heterocycles. The molecule has 2 rings (SSSR count). The van der Waals surface area contributed by atoms with E-state index in [9.17, 15) is 13.2 Å². The molecule has 112 valence electrons. The molecule has 0 N–H and O–H groups in total. The molecular formula is C15H11BrClF3O. The van der Waals surface area contributed by atoms with Crippen LogP contribution >= 0.6 is 27.5 Å². The van der Waals surface area contributed by atoms with Crippen LogP contribution in [0.15, 0.2) is 46.9 Å². The molecule has 0 bridgehead atoms. The first-order valence-electron chi connectivity index (χ1n) is 6.03. The molecule has 6 heteroatoms. The van der Waals surface area contributed by atoms with Crippen LogP contribution in [-0.4, -0.2) is 0 Å². The molecule has 2 aromatic rings. The van der Waals surface area contributed by atoms with E-state index < -0.39 is 11.7 Å². The Morgan fingerprint density at radius 1 is 1.00 bits per heavy atom. The van der Waals surface area contributed by atoms with Gasteiger partial charge in [0, 0.05) is 5.88 Å². The Balaban J connectivity index is 2.03. The maximum Gasteiger partial charge on any atom is 0.416 e. The molecular weight excluding hydrogens is 369 g/mol. The van der Waals surface area contributed by atoms with Crippen LogP contribution < -0.4 is 4.74 Å². The normalized spacial score (nSPS) is 11.5. The number of halogens is 5. The summed E-state index contributed by atoms with van der Waals surface area (Å²) in [7, 11) is 0. The predicted molar refractivity (Wildman–Crippen MR) is 79.5 cm³/mol. The van der Waals surface area contributed by atoms with Crippen molar-refractivity contribution >= 4 is 27.5 Å². The Kier molecular flexibility index (Phi) is 5.17. The Morgan fingerprint density at radius 2 is 1.62 bits per heavy atom. The lowest BCUT2D eigenvalue weighted by Gasteiger charge is -2.10. The fourth-order valence-electron chi connectivity index (χ4n) is 1.70. The predicted octanol–water partition coefficient (Wildman–Crippen LogP) is 5.79. The minimum atomic E-state index is -4.32. The molecule has 0 unspecified atom stereocenters. The van der Waals surface area contributed by atoms with Crippen molar-refractivity contribution in [3.63, 3.8) is 0 Å². The van der Waals surface area contributed by atoms with Gasteiger partial charge in [-0.1, -0.05) is 18.2 Å². The summed E-state index contributed by atoms with van der Waals surface area (Å²) in [5, 5.41) is 0. The molecule has 0 atom stereocenters. The van der Waals surface area contributed by atoms with Crippen LogP contribution in [0, 0.1) is 0 Å². The fourth-order valence-corrected chi connectivity index (χ4v) is 2.40. The standard InChI is InChI=1S/C15H11BrClF3O/c16-13-7-11(8-17)3-6-14(13)21-9-10-1-4-12(5-2-10)15(18,19)20/h1-7H,8-9H2. The summed E-state index contributed by atoms with van der Waals surface area (Å²) in [4.78, 5) is 0. The second kappa shape index (κ2) is 6.71. The van der Waals surface area contributed by atoms with E-state index in [0.29, 0.717) is 17.2 Å². The highest BCUT2D eigenvalue weighted by Crippen LogP contribution is 2.30. The Bertz CT molecular complexity index is 611. The summed E-state index contributed by atoms with van der Waals surface area (Å²) in [5.41, 5.74) is 0.945. The van der Waals surface area contributed by atoms with Gasteiger partial charge in [0.15, 0.2) is 0 Å². The minimum absolute atomic E-state index is 0.191. The highest BCUT2D eigenvalue weighted by Gasteiger charge is 2.29. The quantitative estimate of drug-likeness (QED) is 0.611. The molecule has 0 aliphatic rings. The lowest BCUT2D eigenvalue weighted by atomic mass is 10.1. The SMILES string of the molecule is FC(F)(F)c1ccc(COc2ccc(CCl)cc2Br)cc1. The molecule has 0 aliphatic heterocycles. The number of alkyl halides is 4. The van der Waals surface area contributed by atoms with Gasteiger partial charge in [-0.15, -0.1) is 11.6 Å². The topological polar surface area (TPSA) is 9.23 Å². The average molecular weight is 380 g/mol. The average Bonchev–Trinajstić information content (AvgIpc) is 2.45. The molecule has 0 aliphatic carbocycles. The van der Waals surface area contributed by atoms with Crippen molar-refractivity contribution in [1.82, 2.24) is 0 Å². The summed E-state index contributed by atoms with van der Waals surface area (Å²) < 4.78 is 43.7. The highest BCUT2D eigenvalue weighted by molar-refractivity contribution is 9.10. The fraction of sp³-hybridized carbons (Fsp3) is 0.200. The van der Waals surface area contributed by atoms with Crippen molar-refractivity contribution in [3.8, 4) is 5.75 Å². The van der Waals surface area contributed by atoms with Gasteiger partial charge in [0.1, 0.15) is 12.4 Å². The van der Waals surface area contributed by atoms with E-state index in [1.54, 1.807) is 6.07 Å². The zero-order chi connectivity index (χ0) is 15.5. The van der Waals surface area contributed by atoms with Gasteiger partial charge in [0.2, 0.25) is 0 Å². The molecule has 0 saturated carbocycles. The summed E-state index contributed by atoms with van der Waals surface area (Å²) in [6.07, 6.45) is -4.32. The van der Waals surface area contributed by atoms with E-state index in [0.717, 1.165) is 22.2 Å². The van der Waals surface area contributed by atoms with Crippen LogP contribution in [0.5, 0.6) is 5.75 Å². The Labute approximate surface area is 133 Å². The maximum atomic E-state index is 12.4. The van der Waals surface area contributed by atoms with Crippen LogP contribution in [0.2, 0.25) is 0 Å². The van der Waals surface area contributed by atoms with Gasteiger partial charge in [0.05, 0.1) is 10.0 Å². The van der Waals surface area contributed by atoms with Crippen LogP contribution in [0.1, 0.15) is 16.7 Å². The first-order chi connectivity index (χ1) is 9.90. The molecule has 21 heavy (non-hydrogen) atoms. The zero-order valence-electron chi connectivity index (χ0n) is 10.8. The molecule has 0 heterocycles. The summed E-state index contributed by atoms with van der Waals surface area (Å²) in [6.45, 7) is 0.191. The number of benzene rings is 2. The van der Waals surface area contributed by atoms with Crippen molar-refractivity contribution in [2.45, 2.75) is 18.7 Å². The zero-order valence-corrected chi connectivity index (χ0v) is 13.1. The van der Waals surface area contributed by atoms with Crippen LogP contribution in [-0.2, 0) is 18.7 Å². The van der Waals surface area contributed by atoms with Gasteiger partial charge in [-0.2, -0.15) is 13.2 Å². The van der Waals surface area contributed by atoms with Gasteiger partial charge in [-0.25, -0.2) is 0 Å². The first-order valence-corrected chi connectivity index (χ1v) is 7.36. The third-order valence-electron chi connectivity index (χ3n) is 2.83. The Morgan fingerprint density at radius 3 is 2.14 bits per heavy atom. The smallest absolute Gasteiger partial charge is 0.416 e. The van der Waals surface area contributed by atoms with Crippen LogP contribution in [0.3, 0.4) is 0 Å². The second-order valence-corrected chi connectivity index (χ2v) is 5.50. The first kappa shape index (κ1) is 16.2. The van der Waals surface area contributed by atoms with Crippen molar-refractivity contribution in [2.24, 2.45) is 0 Å². The Hall–Kier alpha value is -1.20. The number of hydrogen-bond acceptors (Lipinski definition) is 1. The maximum absolute atomic E-state index is 12.4. The van der Waals surface area contributed by atoms with Gasteiger partial charge >= 0.3 is 6.18 Å². The lowest BCUT2D eigenvalue weighted by molar-refractivity contribution is -0.137. The monoisotopic (exact) mass is 378 g/mol. The number of rotatable bonds is 4. The third-order valence-corrected chi connectivity index (χ3v) is 3.75. The van der Waals surface area contributed by atoms with E-state index >= 15 is 0 Å². The van der Waals surface area contributed by atoms with Gasteiger partial charge in [-0.05, 0) is 51.3 Å². The lowest BCUT2D eigenvalue weighted by Crippen LogP contribution is -2.05. The van der Waals surface area contributed by atoms with Crippen molar-refractivity contribution in [3.05, 3.63) is 63.6 Å². The van der Waals surface area contributed by atoms with E-state index in [2.05, 4.69) is 15.9 Å². The minimum Gasteiger partial charge on any atom is -0.488 e. The molecule has 0 saturated heterocycles. The van der Waals surface area contributed by atoms with E-state index in [4.69, 9.17) is 16.3 Å². The van der Waals surface area contributed by atoms with Gasteiger partial charge in [-0.3, -0.25) is 0 Å². The largest absolute Gasteiger partial charge is 0.488 e. The molecule has 0 fully saturated rings. The summed E-state index contributed by atoms with van der Waals surface area (Å²) in [6, 6.07) is 10.4. The summed E-state index contributed by atoms with van der Waals surface area (Å²) >= 11 is 9.09. The van der Waals surface area contributed by atoms with E-state index in [1.165, 1.54) is 12.1 Å². The molecule has 0 radical (unpaired) electrons. The molecule has 2 aromatic carbocycles. The summed E-state index contributed by atoms with van der Waals surface area (Å²) in [5.74, 6) is 1.02. The number of ether oxygens (including phenoxy) is 1. The van der Waals surface area contributed by atoms with E-state index in [-0.39, 0.29) is 6.61 Å². The van der Waals surface area contributed by atoms with Crippen LogP contribution in [0.4, 0.5) is 13.2 Å². The molecule has 0 amide bonds. The van der Waals surface area contributed by atoms with Crippen molar-refractivity contribution < 1.29 is 17.9 Å². The second-order valence-electron chi connectivity index (χ2n) is 4.38. The third kappa shape index (κ3) is 4.38. The van der Waals surface area contributed by atoms with Gasteiger partial charge < -0.3 is 4.74 Å². The van der Waals surface area contributed by atoms with Crippen molar-refractivity contribution in [2.75, 3.05) is 0 Å². The van der Waals surface area contributed by atoms with Crippen molar-refractivity contribution in [1.29, 1.82) is 0 Å². The van der Waals surface area contributed by atoms with E-state index in [1.807, 2.05) is 12.1 Å². The molecule has 0 spiro atoms. The van der Waals surface area contributed by atoms with Crippen LogP contribution in [0.25, 0.3) is 0 Å². The number of hydrogen-bond donors (Lipinski definition) is 0. The molecule has 1 nitrogen and oxygen atoms in total. The highest BCUT2D eigenvalue weighted by atomic mass is 79.9. The van der Waals surface area contributed by atoms with Gasteiger partial charge in [0.25, 0.3) is 0 Å².